The standard InChI is InChI=1S/C15H20N2O3/c1-3-4-7-16-14(18)9-17-12-8-11(2)5-6-13(12)20-10-15(17)19/h5-6,8H,3-4,7,9-10H2,1-2H3,(H,16,18). The molecule has 5 nitrogen and oxygen atoms in total. The highest BCUT2D eigenvalue weighted by Crippen LogP contribution is 2.32. The first-order chi connectivity index (χ1) is 9.61. The summed E-state index contributed by atoms with van der Waals surface area (Å²) in [6.07, 6.45) is 1.97. The van der Waals surface area contributed by atoms with E-state index in [1.54, 1.807) is 0 Å². The van der Waals surface area contributed by atoms with Crippen LogP contribution in [-0.2, 0) is 9.59 Å². The Balaban J connectivity index is 2.09. The molecule has 0 saturated carbocycles. The van der Waals surface area contributed by atoms with E-state index in [2.05, 4.69) is 12.2 Å². The van der Waals surface area contributed by atoms with Crippen molar-refractivity contribution < 1.29 is 14.3 Å². The normalized spacial score (nSPS) is 13.7. The average molecular weight is 276 g/mol. The lowest BCUT2D eigenvalue weighted by Crippen LogP contribution is -2.45. The molecule has 0 radical (unpaired) electrons. The second-order valence-electron chi connectivity index (χ2n) is 4.94. The molecule has 0 spiro atoms. The maximum Gasteiger partial charge on any atom is 0.265 e. The maximum atomic E-state index is 12.0. The Morgan fingerprint density at radius 3 is 3.00 bits per heavy atom. The van der Waals surface area contributed by atoms with Crippen LogP contribution >= 0.6 is 0 Å². The number of rotatable bonds is 5. The van der Waals surface area contributed by atoms with Gasteiger partial charge in [-0.1, -0.05) is 19.4 Å². The Morgan fingerprint density at radius 2 is 2.25 bits per heavy atom. The quantitative estimate of drug-likeness (QED) is 0.832. The molecular formula is C15H20N2O3. The summed E-state index contributed by atoms with van der Waals surface area (Å²) in [5, 5.41) is 2.82. The van der Waals surface area contributed by atoms with Crippen LogP contribution in [-0.4, -0.2) is 31.5 Å². The summed E-state index contributed by atoms with van der Waals surface area (Å²) in [7, 11) is 0. The van der Waals surface area contributed by atoms with Crippen molar-refractivity contribution in [1.29, 1.82) is 0 Å². The molecule has 5 heteroatoms. The molecule has 20 heavy (non-hydrogen) atoms. The largest absolute Gasteiger partial charge is 0.482 e. The molecular weight excluding hydrogens is 256 g/mol. The van der Waals surface area contributed by atoms with Gasteiger partial charge in [-0.15, -0.1) is 0 Å². The van der Waals surface area contributed by atoms with Crippen LogP contribution in [0.3, 0.4) is 0 Å². The van der Waals surface area contributed by atoms with E-state index >= 15 is 0 Å². The highest BCUT2D eigenvalue weighted by molar-refractivity contribution is 6.02. The molecule has 0 bridgehead atoms. The van der Waals surface area contributed by atoms with Crippen LogP contribution in [0.25, 0.3) is 0 Å². The number of fused-ring (bicyclic) bond motifs is 1. The van der Waals surface area contributed by atoms with Gasteiger partial charge in [-0.2, -0.15) is 0 Å². The summed E-state index contributed by atoms with van der Waals surface area (Å²) in [6.45, 7) is 4.69. The Kier molecular flexibility index (Phi) is 4.61. The zero-order valence-corrected chi connectivity index (χ0v) is 11.9. The minimum absolute atomic E-state index is 0.0156. The smallest absolute Gasteiger partial charge is 0.265 e. The number of nitrogens with zero attached hydrogens (tertiary/aromatic N) is 1. The van der Waals surface area contributed by atoms with Crippen molar-refractivity contribution >= 4 is 17.5 Å². The lowest BCUT2D eigenvalue weighted by atomic mass is 10.1. The van der Waals surface area contributed by atoms with E-state index in [9.17, 15) is 9.59 Å². The van der Waals surface area contributed by atoms with Crippen molar-refractivity contribution in [3.05, 3.63) is 23.8 Å². The predicted octanol–water partition coefficient (Wildman–Crippen LogP) is 1.64. The monoisotopic (exact) mass is 276 g/mol. The zero-order chi connectivity index (χ0) is 14.5. The molecule has 108 valence electrons. The number of hydrogen-bond donors (Lipinski definition) is 1. The van der Waals surface area contributed by atoms with Crippen LogP contribution < -0.4 is 15.0 Å². The Hall–Kier alpha value is -2.04. The van der Waals surface area contributed by atoms with Crippen molar-refractivity contribution in [3.63, 3.8) is 0 Å². The van der Waals surface area contributed by atoms with Crippen LogP contribution in [0.5, 0.6) is 5.75 Å². The Bertz CT molecular complexity index is 514. The second kappa shape index (κ2) is 6.41. The minimum atomic E-state index is -0.186. The van der Waals surface area contributed by atoms with Gasteiger partial charge in [-0.05, 0) is 31.0 Å². The third-order valence-corrected chi connectivity index (χ3v) is 3.21. The zero-order valence-electron chi connectivity index (χ0n) is 11.9. The van der Waals surface area contributed by atoms with Crippen molar-refractivity contribution in [1.82, 2.24) is 5.32 Å². The fraction of sp³-hybridized carbons (Fsp3) is 0.467. The molecule has 0 unspecified atom stereocenters. The predicted molar refractivity (Wildman–Crippen MR) is 76.9 cm³/mol. The third kappa shape index (κ3) is 3.29. The lowest BCUT2D eigenvalue weighted by molar-refractivity contribution is -0.125. The number of amides is 2. The highest BCUT2D eigenvalue weighted by atomic mass is 16.5. The first kappa shape index (κ1) is 14.4. The van der Waals surface area contributed by atoms with Gasteiger partial charge in [0.05, 0.1) is 5.69 Å². The third-order valence-electron chi connectivity index (χ3n) is 3.21. The second-order valence-corrected chi connectivity index (χ2v) is 4.94. The van der Waals surface area contributed by atoms with E-state index < -0.39 is 0 Å². The number of nitrogens with one attached hydrogen (secondary N) is 1. The van der Waals surface area contributed by atoms with E-state index in [4.69, 9.17) is 4.74 Å². The van der Waals surface area contributed by atoms with Crippen LogP contribution in [0.15, 0.2) is 18.2 Å². The van der Waals surface area contributed by atoms with Gasteiger partial charge in [0.15, 0.2) is 6.61 Å². The van der Waals surface area contributed by atoms with Gasteiger partial charge in [-0.25, -0.2) is 0 Å². The molecule has 1 aromatic rings. The fourth-order valence-electron chi connectivity index (χ4n) is 2.09. The van der Waals surface area contributed by atoms with Gasteiger partial charge in [0, 0.05) is 6.54 Å². The summed E-state index contributed by atoms with van der Waals surface area (Å²) >= 11 is 0. The average Bonchev–Trinajstić information content (AvgIpc) is 2.42. The molecule has 1 aliphatic rings. The summed E-state index contributed by atoms with van der Waals surface area (Å²) < 4.78 is 5.38. The summed E-state index contributed by atoms with van der Waals surface area (Å²) in [5.41, 5.74) is 1.70. The molecule has 0 saturated heterocycles. The molecule has 0 atom stereocenters. The number of benzene rings is 1. The molecule has 0 aliphatic carbocycles. The Morgan fingerprint density at radius 1 is 1.45 bits per heavy atom. The topological polar surface area (TPSA) is 58.6 Å². The number of carbonyl (C=O) groups excluding carboxylic acids is 2. The van der Waals surface area contributed by atoms with E-state index in [0.29, 0.717) is 18.0 Å². The van der Waals surface area contributed by atoms with Gasteiger partial charge in [0.2, 0.25) is 5.91 Å². The van der Waals surface area contributed by atoms with Gasteiger partial charge in [0.25, 0.3) is 5.91 Å². The van der Waals surface area contributed by atoms with E-state index in [1.165, 1.54) is 4.90 Å². The van der Waals surface area contributed by atoms with Crippen molar-refractivity contribution in [2.45, 2.75) is 26.7 Å². The number of aryl methyl sites for hydroxylation is 1. The molecule has 1 aromatic carbocycles. The van der Waals surface area contributed by atoms with Gasteiger partial charge < -0.3 is 10.1 Å². The van der Waals surface area contributed by atoms with Crippen molar-refractivity contribution in [2.75, 3.05) is 24.6 Å². The van der Waals surface area contributed by atoms with Crippen LogP contribution in [0, 0.1) is 6.92 Å². The number of carbonyl (C=O) groups is 2. The summed E-state index contributed by atoms with van der Waals surface area (Å²) in [5.74, 6) is 0.325. The lowest BCUT2D eigenvalue weighted by Gasteiger charge is -2.29. The van der Waals surface area contributed by atoms with E-state index in [1.807, 2.05) is 25.1 Å². The summed E-state index contributed by atoms with van der Waals surface area (Å²) in [4.78, 5) is 25.3. The van der Waals surface area contributed by atoms with Crippen LogP contribution in [0.1, 0.15) is 25.3 Å². The first-order valence-electron chi connectivity index (χ1n) is 6.92. The van der Waals surface area contributed by atoms with Crippen molar-refractivity contribution in [2.24, 2.45) is 0 Å². The van der Waals surface area contributed by atoms with Crippen LogP contribution in [0.4, 0.5) is 5.69 Å². The minimum Gasteiger partial charge on any atom is -0.482 e. The maximum absolute atomic E-state index is 12.0. The SMILES string of the molecule is CCCCNC(=O)CN1C(=O)COc2ccc(C)cc21. The Labute approximate surface area is 118 Å². The number of anilines is 1. The van der Waals surface area contributed by atoms with E-state index in [0.717, 1.165) is 18.4 Å². The molecule has 2 amide bonds. The molecule has 2 rings (SSSR count). The molecule has 0 aromatic heterocycles. The van der Waals surface area contributed by atoms with Crippen molar-refractivity contribution in [3.8, 4) is 5.75 Å². The van der Waals surface area contributed by atoms with E-state index in [-0.39, 0.29) is 25.0 Å². The molecule has 1 N–H and O–H groups in total. The molecule has 1 heterocycles. The van der Waals surface area contributed by atoms with Crippen LogP contribution in [0.2, 0.25) is 0 Å². The number of ether oxygens (including phenoxy) is 1. The van der Waals surface area contributed by atoms with Gasteiger partial charge in [0.1, 0.15) is 12.3 Å². The molecule has 1 aliphatic heterocycles. The molecule has 0 fully saturated rings. The number of unbranched alkanes of at least 4 members (excludes halogenated alkanes) is 1. The summed E-state index contributed by atoms with van der Waals surface area (Å²) in [6, 6.07) is 5.62. The first-order valence-corrected chi connectivity index (χ1v) is 6.92. The van der Waals surface area contributed by atoms with Gasteiger partial charge in [-0.3, -0.25) is 14.5 Å². The number of hydrogen-bond acceptors (Lipinski definition) is 3. The van der Waals surface area contributed by atoms with Gasteiger partial charge >= 0.3 is 0 Å². The fourth-order valence-corrected chi connectivity index (χ4v) is 2.09. The highest BCUT2D eigenvalue weighted by Gasteiger charge is 2.27.